The van der Waals surface area contributed by atoms with Gasteiger partial charge in [0.1, 0.15) is 0 Å². The lowest BCUT2D eigenvalue weighted by Gasteiger charge is -2.42. The highest BCUT2D eigenvalue weighted by molar-refractivity contribution is 7.89. The second kappa shape index (κ2) is 9.34. The summed E-state index contributed by atoms with van der Waals surface area (Å²) in [5, 5.41) is 6.69. The van der Waals surface area contributed by atoms with Crippen molar-refractivity contribution in [3.8, 4) is 0 Å². The molecule has 3 N–H and O–H groups in total. The van der Waals surface area contributed by atoms with Crippen LogP contribution in [0.25, 0.3) is 0 Å². The van der Waals surface area contributed by atoms with Gasteiger partial charge in [0.05, 0.1) is 4.90 Å². The minimum atomic E-state index is -3.40. The Labute approximate surface area is 156 Å². The summed E-state index contributed by atoms with van der Waals surface area (Å²) in [6.07, 6.45) is 4.79. The molecule has 0 unspecified atom stereocenters. The normalized spacial score (nSPS) is 16.8. The summed E-state index contributed by atoms with van der Waals surface area (Å²) in [5.74, 6) is 0.751. The molecule has 0 radical (unpaired) electrons. The van der Waals surface area contributed by atoms with Crippen LogP contribution in [0.1, 0.15) is 31.2 Å². The quantitative estimate of drug-likeness (QED) is 0.444. The molecule has 0 aromatic heterocycles. The van der Waals surface area contributed by atoms with Gasteiger partial charge in [-0.1, -0.05) is 18.6 Å². The van der Waals surface area contributed by atoms with Gasteiger partial charge in [0, 0.05) is 33.9 Å². The van der Waals surface area contributed by atoms with Gasteiger partial charge in [0.25, 0.3) is 0 Å². The number of rotatable bonds is 9. The first-order chi connectivity index (χ1) is 12.4. The summed E-state index contributed by atoms with van der Waals surface area (Å²) >= 11 is 0. The number of hydrogen-bond acceptors (Lipinski definition) is 4. The fourth-order valence-corrected chi connectivity index (χ4v) is 3.82. The molecule has 8 heteroatoms. The van der Waals surface area contributed by atoms with Crippen molar-refractivity contribution in [1.29, 1.82) is 0 Å². The van der Waals surface area contributed by atoms with Crippen molar-refractivity contribution < 1.29 is 13.2 Å². The Hall–Kier alpha value is -1.64. The van der Waals surface area contributed by atoms with Gasteiger partial charge >= 0.3 is 0 Å². The zero-order chi connectivity index (χ0) is 19.0. The molecule has 1 fully saturated rings. The zero-order valence-electron chi connectivity index (χ0n) is 15.8. The molecule has 0 heterocycles. The van der Waals surface area contributed by atoms with Gasteiger partial charge in [-0.2, -0.15) is 0 Å². The number of ether oxygens (including phenoxy) is 1. The van der Waals surface area contributed by atoms with Gasteiger partial charge in [-0.3, -0.25) is 4.99 Å². The van der Waals surface area contributed by atoms with Crippen molar-refractivity contribution >= 4 is 16.0 Å². The van der Waals surface area contributed by atoms with Gasteiger partial charge in [-0.05, 0) is 49.4 Å². The maximum Gasteiger partial charge on any atom is 0.240 e. The molecule has 0 bridgehead atoms. The first-order valence-electron chi connectivity index (χ1n) is 8.91. The van der Waals surface area contributed by atoms with Crippen molar-refractivity contribution in [1.82, 2.24) is 15.4 Å². The lowest BCUT2D eigenvalue weighted by molar-refractivity contribution is 0.0732. The maximum absolute atomic E-state index is 11.7. The largest absolute Gasteiger partial charge is 0.385 e. The average Bonchev–Trinajstić information content (AvgIpc) is 2.63. The Bertz CT molecular complexity index is 698. The summed E-state index contributed by atoms with van der Waals surface area (Å²) in [7, 11) is 1.50. The number of benzene rings is 1. The number of guanidine groups is 1. The van der Waals surface area contributed by atoms with Crippen molar-refractivity contribution in [2.45, 2.75) is 37.1 Å². The molecule has 2 rings (SSSR count). The van der Waals surface area contributed by atoms with Crippen LogP contribution in [0.4, 0.5) is 0 Å². The van der Waals surface area contributed by atoms with Gasteiger partial charge < -0.3 is 15.4 Å². The van der Waals surface area contributed by atoms with Crippen LogP contribution in [0, 0.1) is 5.41 Å². The minimum Gasteiger partial charge on any atom is -0.385 e. The third-order valence-electron chi connectivity index (χ3n) is 5.07. The summed E-state index contributed by atoms with van der Waals surface area (Å²) in [4.78, 5) is 4.53. The van der Waals surface area contributed by atoms with E-state index in [1.807, 2.05) is 0 Å². The molecule has 0 aliphatic heterocycles. The zero-order valence-corrected chi connectivity index (χ0v) is 16.7. The second-order valence-corrected chi connectivity index (χ2v) is 8.61. The van der Waals surface area contributed by atoms with Crippen LogP contribution >= 0.6 is 0 Å². The van der Waals surface area contributed by atoms with E-state index < -0.39 is 10.0 Å². The molecule has 1 aromatic rings. The maximum atomic E-state index is 11.7. The van der Waals surface area contributed by atoms with Gasteiger partial charge in [0.15, 0.2) is 5.96 Å². The topological polar surface area (TPSA) is 91.8 Å². The highest BCUT2D eigenvalue weighted by atomic mass is 32.2. The van der Waals surface area contributed by atoms with E-state index in [9.17, 15) is 8.42 Å². The molecule has 146 valence electrons. The number of aliphatic imine (C=N–C) groups is 1. The third kappa shape index (κ3) is 5.43. The van der Waals surface area contributed by atoms with Gasteiger partial charge in [-0.15, -0.1) is 0 Å². The lowest BCUT2D eigenvalue weighted by Crippen LogP contribution is -2.46. The van der Waals surface area contributed by atoms with Crippen LogP contribution < -0.4 is 15.4 Å². The average molecular weight is 383 g/mol. The van der Waals surface area contributed by atoms with E-state index in [2.05, 4.69) is 20.3 Å². The molecular formula is C18H30N4O3S. The minimum absolute atomic E-state index is 0.260. The molecule has 26 heavy (non-hydrogen) atoms. The molecule has 7 nitrogen and oxygen atoms in total. The Kier molecular flexibility index (Phi) is 7.43. The van der Waals surface area contributed by atoms with E-state index in [0.29, 0.717) is 12.0 Å². The van der Waals surface area contributed by atoms with Crippen molar-refractivity contribution in [2.75, 3.05) is 34.4 Å². The van der Waals surface area contributed by atoms with E-state index in [1.165, 1.54) is 26.3 Å². The number of nitrogens with zero attached hydrogens (tertiary/aromatic N) is 1. The molecular weight excluding hydrogens is 352 g/mol. The van der Waals surface area contributed by atoms with Crippen molar-refractivity contribution in [3.63, 3.8) is 0 Å². The summed E-state index contributed by atoms with van der Waals surface area (Å²) < 4.78 is 31.0. The fraction of sp³-hybridized carbons (Fsp3) is 0.611. The molecule has 1 aliphatic carbocycles. The van der Waals surface area contributed by atoms with Gasteiger partial charge in [0.2, 0.25) is 10.0 Å². The van der Waals surface area contributed by atoms with Gasteiger partial charge in [-0.25, -0.2) is 13.1 Å². The SMILES string of the molecule is CN=C(NCc1ccc(S(=O)(=O)NC)cc1)NCC1(CCOC)CCC1. The highest BCUT2D eigenvalue weighted by Gasteiger charge is 2.36. The van der Waals surface area contributed by atoms with E-state index in [4.69, 9.17) is 4.74 Å². The summed E-state index contributed by atoms with van der Waals surface area (Å²) in [6.45, 7) is 2.25. The van der Waals surface area contributed by atoms with E-state index in [1.54, 1.807) is 38.4 Å². The van der Waals surface area contributed by atoms with Crippen LogP contribution in [0.15, 0.2) is 34.2 Å². The molecule has 1 saturated carbocycles. The van der Waals surface area contributed by atoms with Crippen molar-refractivity contribution in [3.05, 3.63) is 29.8 Å². The fourth-order valence-electron chi connectivity index (χ4n) is 3.09. The smallest absolute Gasteiger partial charge is 0.240 e. The van der Waals surface area contributed by atoms with Crippen LogP contribution in [0.3, 0.4) is 0 Å². The van der Waals surface area contributed by atoms with E-state index >= 15 is 0 Å². The first kappa shape index (κ1) is 20.7. The third-order valence-corrected chi connectivity index (χ3v) is 6.50. The highest BCUT2D eigenvalue weighted by Crippen LogP contribution is 2.43. The summed E-state index contributed by atoms with van der Waals surface area (Å²) in [5.41, 5.74) is 1.30. The number of sulfonamides is 1. The number of methoxy groups -OCH3 is 1. The predicted octanol–water partition coefficient (Wildman–Crippen LogP) is 1.47. The van der Waals surface area contributed by atoms with Crippen molar-refractivity contribution in [2.24, 2.45) is 10.4 Å². The standard InChI is InChI=1S/C18H30N4O3S/c1-19-17(22-14-18(9-4-10-18)11-12-25-3)21-13-15-5-7-16(8-6-15)26(23,24)20-2/h5-8,20H,4,9-14H2,1-3H3,(H2,19,21,22). The van der Waals surface area contributed by atoms with E-state index in [0.717, 1.165) is 31.1 Å². The lowest BCUT2D eigenvalue weighted by atomic mass is 9.67. The molecule has 0 saturated heterocycles. The Balaban J connectivity index is 1.85. The Morgan fingerprint density at radius 2 is 1.92 bits per heavy atom. The van der Waals surface area contributed by atoms with Crippen LogP contribution in [-0.4, -0.2) is 48.7 Å². The second-order valence-electron chi connectivity index (χ2n) is 6.73. The monoisotopic (exact) mass is 382 g/mol. The molecule has 0 atom stereocenters. The molecule has 1 aromatic carbocycles. The number of hydrogen-bond donors (Lipinski definition) is 3. The Morgan fingerprint density at radius 1 is 1.23 bits per heavy atom. The number of nitrogens with one attached hydrogen (secondary N) is 3. The van der Waals surface area contributed by atoms with Crippen LogP contribution in [0.2, 0.25) is 0 Å². The molecule has 1 aliphatic rings. The van der Waals surface area contributed by atoms with E-state index in [-0.39, 0.29) is 4.90 Å². The molecule has 0 amide bonds. The summed E-state index contributed by atoms with van der Waals surface area (Å²) in [6, 6.07) is 6.81. The first-order valence-corrected chi connectivity index (χ1v) is 10.4. The van der Waals surface area contributed by atoms with Crippen LogP contribution in [-0.2, 0) is 21.3 Å². The predicted molar refractivity (Wildman–Crippen MR) is 104 cm³/mol. The Morgan fingerprint density at radius 3 is 2.42 bits per heavy atom. The molecule has 0 spiro atoms. The van der Waals surface area contributed by atoms with Crippen LogP contribution in [0.5, 0.6) is 0 Å².